The minimum absolute atomic E-state index is 0.277. The number of carbonyl (C=O) groups excluding carboxylic acids is 2. The van der Waals surface area contributed by atoms with Crippen LogP contribution in [0.25, 0.3) is 5.69 Å². The van der Waals surface area contributed by atoms with Gasteiger partial charge in [0.2, 0.25) is 0 Å². The molecule has 9 nitrogen and oxygen atoms in total. The number of carbonyl (C=O) groups is 2. The maximum atomic E-state index is 13.2. The van der Waals surface area contributed by atoms with E-state index < -0.39 is 11.8 Å². The molecule has 170 valence electrons. The predicted molar refractivity (Wildman–Crippen MR) is 120 cm³/mol. The van der Waals surface area contributed by atoms with Gasteiger partial charge in [-0.3, -0.25) is 4.79 Å². The number of amides is 2. The number of halogens is 1. The van der Waals surface area contributed by atoms with Crippen molar-refractivity contribution in [1.82, 2.24) is 14.7 Å². The number of piperazine rings is 1. The number of rotatable bonds is 4. The van der Waals surface area contributed by atoms with Crippen molar-refractivity contribution in [1.29, 1.82) is 0 Å². The summed E-state index contributed by atoms with van der Waals surface area (Å²) in [6, 6.07) is 14.9. The van der Waals surface area contributed by atoms with Crippen LogP contribution in [-0.2, 0) is 4.74 Å². The predicted octanol–water partition coefficient (Wildman–Crippen LogP) is 2.51. The van der Waals surface area contributed by atoms with Crippen LogP contribution in [0.4, 0.5) is 20.7 Å². The van der Waals surface area contributed by atoms with Crippen molar-refractivity contribution in [2.75, 3.05) is 43.5 Å². The molecule has 4 rings (SSSR count). The second-order valence-corrected chi connectivity index (χ2v) is 7.36. The number of anilines is 2. The van der Waals surface area contributed by atoms with Crippen molar-refractivity contribution >= 4 is 23.5 Å². The Morgan fingerprint density at radius 1 is 0.970 bits per heavy atom. The maximum absolute atomic E-state index is 13.2. The average Bonchev–Trinajstić information content (AvgIpc) is 2.85. The van der Waals surface area contributed by atoms with Crippen molar-refractivity contribution in [3.63, 3.8) is 0 Å². The van der Waals surface area contributed by atoms with Crippen LogP contribution in [0.15, 0.2) is 65.5 Å². The van der Waals surface area contributed by atoms with Gasteiger partial charge in [0, 0.05) is 32.2 Å². The number of ether oxygens (including phenoxy) is 1. The van der Waals surface area contributed by atoms with Crippen molar-refractivity contribution in [3.8, 4) is 5.69 Å². The Kier molecular flexibility index (Phi) is 6.34. The zero-order valence-corrected chi connectivity index (χ0v) is 17.9. The number of esters is 1. The Morgan fingerprint density at radius 3 is 2.36 bits per heavy atom. The number of para-hydroxylation sites is 1. The summed E-state index contributed by atoms with van der Waals surface area (Å²) in [4.78, 5) is 40.5. The Morgan fingerprint density at radius 2 is 1.67 bits per heavy atom. The molecule has 0 spiro atoms. The van der Waals surface area contributed by atoms with Gasteiger partial charge < -0.3 is 19.9 Å². The highest BCUT2D eigenvalue weighted by Crippen LogP contribution is 2.18. The van der Waals surface area contributed by atoms with E-state index in [0.717, 1.165) is 0 Å². The molecule has 2 heterocycles. The summed E-state index contributed by atoms with van der Waals surface area (Å²) in [5.41, 5.74) is 0.794. The minimum atomic E-state index is -0.530. The van der Waals surface area contributed by atoms with E-state index in [1.807, 2.05) is 4.90 Å². The molecule has 0 aliphatic carbocycles. The highest BCUT2D eigenvalue weighted by molar-refractivity contribution is 6.00. The molecule has 1 aromatic heterocycles. The number of nitrogens with one attached hydrogen (secondary N) is 1. The molecule has 1 aliphatic heterocycles. The molecular formula is C23H22FN5O4. The van der Waals surface area contributed by atoms with Gasteiger partial charge in [0.25, 0.3) is 5.56 Å². The number of hydrogen-bond acceptors (Lipinski definition) is 6. The monoisotopic (exact) mass is 451 g/mol. The molecule has 1 N–H and O–H groups in total. The molecule has 1 fully saturated rings. The lowest BCUT2D eigenvalue weighted by Crippen LogP contribution is -2.50. The van der Waals surface area contributed by atoms with Gasteiger partial charge in [-0.1, -0.05) is 12.1 Å². The summed E-state index contributed by atoms with van der Waals surface area (Å²) in [5.74, 6) is -0.348. The third-order valence-electron chi connectivity index (χ3n) is 5.32. The summed E-state index contributed by atoms with van der Waals surface area (Å²) >= 11 is 0. The molecule has 1 saturated heterocycles. The van der Waals surface area contributed by atoms with Gasteiger partial charge in [-0.2, -0.15) is 4.68 Å². The third kappa shape index (κ3) is 4.84. The third-order valence-corrected chi connectivity index (χ3v) is 5.32. The SMILES string of the molecule is COC(=O)c1ccccc1NC(=O)N1CCN(c2ccc(=O)n(-c3ccc(F)cc3)n2)CC1. The number of aromatic nitrogens is 2. The topological polar surface area (TPSA) is 96.8 Å². The van der Waals surface area contributed by atoms with Gasteiger partial charge in [-0.25, -0.2) is 14.0 Å². The van der Waals surface area contributed by atoms with Gasteiger partial charge in [0.1, 0.15) is 11.6 Å². The minimum Gasteiger partial charge on any atom is -0.465 e. The van der Waals surface area contributed by atoms with Crippen LogP contribution >= 0.6 is 0 Å². The van der Waals surface area contributed by atoms with Crippen LogP contribution in [-0.4, -0.2) is 60.0 Å². The standard InChI is InChI=1S/C23H22FN5O4/c1-33-22(31)18-4-2-3-5-19(18)25-23(32)28-14-12-27(13-15-28)20-10-11-21(30)29(26-20)17-8-6-16(24)7-9-17/h2-11H,12-15H2,1H3,(H,25,32). The first-order valence-corrected chi connectivity index (χ1v) is 10.3. The lowest BCUT2D eigenvalue weighted by molar-refractivity contribution is 0.0602. The summed E-state index contributed by atoms with van der Waals surface area (Å²) in [7, 11) is 1.29. The summed E-state index contributed by atoms with van der Waals surface area (Å²) in [6.45, 7) is 1.84. The van der Waals surface area contributed by atoms with Crippen molar-refractivity contribution < 1.29 is 18.7 Å². The fourth-order valence-electron chi connectivity index (χ4n) is 3.55. The molecule has 3 aromatic rings. The first-order valence-electron chi connectivity index (χ1n) is 10.3. The Bertz CT molecular complexity index is 1220. The molecule has 0 atom stereocenters. The molecule has 0 saturated carbocycles. The zero-order chi connectivity index (χ0) is 23.4. The maximum Gasteiger partial charge on any atom is 0.339 e. The molecule has 0 bridgehead atoms. The molecule has 0 radical (unpaired) electrons. The first kappa shape index (κ1) is 22.0. The molecule has 1 aliphatic rings. The lowest BCUT2D eigenvalue weighted by atomic mass is 10.2. The van der Waals surface area contributed by atoms with E-state index in [2.05, 4.69) is 10.4 Å². The lowest BCUT2D eigenvalue weighted by Gasteiger charge is -2.35. The Hall–Kier alpha value is -4.21. The number of methoxy groups -OCH3 is 1. The van der Waals surface area contributed by atoms with Crippen molar-refractivity contribution in [2.24, 2.45) is 0 Å². The number of nitrogens with zero attached hydrogens (tertiary/aromatic N) is 4. The molecule has 2 aromatic carbocycles. The van der Waals surface area contributed by atoms with Crippen molar-refractivity contribution in [3.05, 3.63) is 82.4 Å². The van der Waals surface area contributed by atoms with Crippen LogP contribution in [0, 0.1) is 5.82 Å². The zero-order valence-electron chi connectivity index (χ0n) is 17.9. The molecule has 33 heavy (non-hydrogen) atoms. The molecular weight excluding hydrogens is 429 g/mol. The van der Waals surface area contributed by atoms with Gasteiger partial charge in [-0.15, -0.1) is 5.10 Å². The van der Waals surface area contributed by atoms with Crippen LogP contribution < -0.4 is 15.8 Å². The number of urea groups is 1. The highest BCUT2D eigenvalue weighted by Gasteiger charge is 2.24. The molecule has 0 unspecified atom stereocenters. The second kappa shape index (κ2) is 9.51. The number of benzene rings is 2. The average molecular weight is 451 g/mol. The van der Waals surface area contributed by atoms with Gasteiger partial charge in [0.15, 0.2) is 0 Å². The quantitative estimate of drug-likeness (QED) is 0.613. The Labute approximate surface area is 189 Å². The van der Waals surface area contributed by atoms with Crippen LogP contribution in [0.3, 0.4) is 0 Å². The first-order chi connectivity index (χ1) is 16.0. The van der Waals surface area contributed by atoms with Crippen molar-refractivity contribution in [2.45, 2.75) is 0 Å². The van der Waals surface area contributed by atoms with E-state index in [1.165, 1.54) is 42.1 Å². The van der Waals surface area contributed by atoms with Crippen LogP contribution in [0.5, 0.6) is 0 Å². The fourth-order valence-corrected chi connectivity index (χ4v) is 3.55. The normalized spacial score (nSPS) is 13.5. The van der Waals surface area contributed by atoms with E-state index in [9.17, 15) is 18.8 Å². The summed E-state index contributed by atoms with van der Waals surface area (Å²) < 4.78 is 19.2. The molecule has 2 amide bonds. The van der Waals surface area contributed by atoms with Gasteiger partial charge in [0.05, 0.1) is 24.0 Å². The largest absolute Gasteiger partial charge is 0.465 e. The van der Waals surface area contributed by atoms with Crippen LogP contribution in [0.2, 0.25) is 0 Å². The fraction of sp³-hybridized carbons (Fsp3) is 0.217. The highest BCUT2D eigenvalue weighted by atomic mass is 19.1. The van der Waals surface area contributed by atoms with Gasteiger partial charge in [-0.05, 0) is 42.5 Å². The summed E-state index contributed by atoms with van der Waals surface area (Å²) in [5, 5.41) is 7.18. The summed E-state index contributed by atoms with van der Waals surface area (Å²) in [6.07, 6.45) is 0. The molecule has 10 heteroatoms. The van der Waals surface area contributed by atoms with E-state index >= 15 is 0 Å². The smallest absolute Gasteiger partial charge is 0.339 e. The van der Waals surface area contributed by atoms with E-state index in [4.69, 9.17) is 4.74 Å². The van der Waals surface area contributed by atoms with E-state index in [1.54, 1.807) is 35.2 Å². The van der Waals surface area contributed by atoms with E-state index in [-0.39, 0.29) is 17.2 Å². The second-order valence-electron chi connectivity index (χ2n) is 7.36. The van der Waals surface area contributed by atoms with E-state index in [0.29, 0.717) is 43.4 Å². The van der Waals surface area contributed by atoms with Crippen LogP contribution in [0.1, 0.15) is 10.4 Å². The van der Waals surface area contributed by atoms with Gasteiger partial charge >= 0.3 is 12.0 Å². The Balaban J connectivity index is 1.43. The number of hydrogen-bond donors (Lipinski definition) is 1.